The summed E-state index contributed by atoms with van der Waals surface area (Å²) in [6.07, 6.45) is 5.73. The van der Waals surface area contributed by atoms with E-state index in [1.165, 1.54) is 26.4 Å². The van der Waals surface area contributed by atoms with E-state index in [-0.39, 0.29) is 17.9 Å². The smallest absolute Gasteiger partial charge is 0.407 e. The lowest BCUT2D eigenvalue weighted by molar-refractivity contribution is -0.140. The SMILES string of the molecule is COC(=O)N[C@@H](C(=O)N1C[C@H](N)C[C@H]1C(=O)NCC1CCCCC1)C(C)(C)SCC(C)C. The Balaban J connectivity index is 2.13. The third-order valence-electron chi connectivity index (χ3n) is 6.39. The Morgan fingerprint density at radius 1 is 1.19 bits per heavy atom. The molecule has 2 aliphatic rings. The number of rotatable bonds is 9. The lowest BCUT2D eigenvalue weighted by Crippen LogP contribution is -2.60. The third kappa shape index (κ3) is 7.54. The van der Waals surface area contributed by atoms with E-state index in [2.05, 4.69) is 24.5 Å². The van der Waals surface area contributed by atoms with Crippen LogP contribution in [0.15, 0.2) is 0 Å². The van der Waals surface area contributed by atoms with Gasteiger partial charge in [0.15, 0.2) is 0 Å². The highest BCUT2D eigenvalue weighted by Crippen LogP contribution is 2.32. The summed E-state index contributed by atoms with van der Waals surface area (Å²) in [5.41, 5.74) is 6.17. The molecule has 2 fully saturated rings. The van der Waals surface area contributed by atoms with Crippen molar-refractivity contribution in [1.82, 2.24) is 15.5 Å². The van der Waals surface area contributed by atoms with Crippen LogP contribution in [0, 0.1) is 11.8 Å². The van der Waals surface area contributed by atoms with Crippen molar-refractivity contribution in [2.24, 2.45) is 17.6 Å². The van der Waals surface area contributed by atoms with E-state index in [4.69, 9.17) is 10.5 Å². The van der Waals surface area contributed by atoms with Crippen LogP contribution in [0.5, 0.6) is 0 Å². The maximum absolute atomic E-state index is 13.7. The van der Waals surface area contributed by atoms with Crippen LogP contribution in [0.25, 0.3) is 0 Å². The molecule has 0 radical (unpaired) electrons. The second kappa shape index (κ2) is 12.1. The summed E-state index contributed by atoms with van der Waals surface area (Å²) in [4.78, 5) is 40.3. The van der Waals surface area contributed by atoms with E-state index in [1.54, 1.807) is 16.7 Å². The predicted molar refractivity (Wildman–Crippen MR) is 128 cm³/mol. The molecule has 0 aromatic rings. The van der Waals surface area contributed by atoms with Crippen LogP contribution in [0.2, 0.25) is 0 Å². The van der Waals surface area contributed by atoms with Crippen LogP contribution in [0.1, 0.15) is 66.2 Å². The van der Waals surface area contributed by atoms with Crippen LogP contribution in [-0.2, 0) is 14.3 Å². The van der Waals surface area contributed by atoms with Crippen molar-refractivity contribution in [3.8, 4) is 0 Å². The highest BCUT2D eigenvalue weighted by molar-refractivity contribution is 8.00. The molecule has 2 rings (SSSR count). The molecule has 4 N–H and O–H groups in total. The molecule has 0 spiro atoms. The molecule has 1 aliphatic carbocycles. The van der Waals surface area contributed by atoms with Crippen LogP contribution in [-0.4, -0.2) is 71.6 Å². The van der Waals surface area contributed by atoms with Crippen molar-refractivity contribution in [3.63, 3.8) is 0 Å². The van der Waals surface area contributed by atoms with E-state index in [9.17, 15) is 14.4 Å². The maximum atomic E-state index is 13.7. The number of hydrogen-bond acceptors (Lipinski definition) is 6. The Hall–Kier alpha value is -1.48. The number of hydrogen-bond donors (Lipinski definition) is 3. The molecule has 0 aromatic carbocycles. The summed E-state index contributed by atoms with van der Waals surface area (Å²) < 4.78 is 4.19. The monoisotopic (exact) mass is 470 g/mol. The molecule has 1 saturated heterocycles. The van der Waals surface area contributed by atoms with Gasteiger partial charge >= 0.3 is 6.09 Å². The molecule has 0 unspecified atom stereocenters. The van der Waals surface area contributed by atoms with Gasteiger partial charge in [0.1, 0.15) is 12.1 Å². The van der Waals surface area contributed by atoms with E-state index in [1.807, 2.05) is 13.8 Å². The molecule has 0 bridgehead atoms. The van der Waals surface area contributed by atoms with Gasteiger partial charge in [-0.2, -0.15) is 11.8 Å². The average Bonchev–Trinajstić information content (AvgIpc) is 3.16. The van der Waals surface area contributed by atoms with Crippen molar-refractivity contribution < 1.29 is 19.1 Å². The predicted octanol–water partition coefficient (Wildman–Crippen LogP) is 2.50. The molecule has 3 atom stereocenters. The molecule has 9 heteroatoms. The first kappa shape index (κ1) is 26.8. The number of alkyl carbamates (subject to hydrolysis) is 1. The second-order valence-electron chi connectivity index (χ2n) is 10.1. The molecule has 1 heterocycles. The van der Waals surface area contributed by atoms with Crippen LogP contribution in [0.3, 0.4) is 0 Å². The minimum atomic E-state index is -0.836. The molecule has 1 aliphatic heterocycles. The fraction of sp³-hybridized carbons (Fsp3) is 0.870. The number of nitrogens with two attached hydrogens (primary N) is 1. The second-order valence-corrected chi connectivity index (χ2v) is 11.8. The highest BCUT2D eigenvalue weighted by Gasteiger charge is 2.45. The van der Waals surface area contributed by atoms with Gasteiger partial charge in [-0.15, -0.1) is 0 Å². The van der Waals surface area contributed by atoms with E-state index >= 15 is 0 Å². The zero-order chi connectivity index (χ0) is 23.9. The quantitative estimate of drug-likeness (QED) is 0.477. The number of amides is 3. The first-order chi connectivity index (χ1) is 15.0. The minimum Gasteiger partial charge on any atom is -0.453 e. The number of ether oxygens (including phenoxy) is 1. The first-order valence-corrected chi connectivity index (χ1v) is 12.9. The fourth-order valence-corrected chi connectivity index (χ4v) is 5.54. The summed E-state index contributed by atoms with van der Waals surface area (Å²) in [6, 6.07) is -1.72. The van der Waals surface area contributed by atoms with Gasteiger partial charge < -0.3 is 26.0 Å². The van der Waals surface area contributed by atoms with Crippen LogP contribution in [0.4, 0.5) is 4.79 Å². The Morgan fingerprint density at radius 2 is 1.84 bits per heavy atom. The Kier molecular flexibility index (Phi) is 10.1. The third-order valence-corrected chi connectivity index (χ3v) is 8.20. The van der Waals surface area contributed by atoms with Gasteiger partial charge in [0.25, 0.3) is 0 Å². The first-order valence-electron chi connectivity index (χ1n) is 11.9. The van der Waals surface area contributed by atoms with E-state index in [0.29, 0.717) is 31.3 Å². The van der Waals surface area contributed by atoms with Gasteiger partial charge in [-0.05, 0) is 50.7 Å². The number of nitrogens with zero attached hydrogens (tertiary/aromatic N) is 1. The molecule has 3 amide bonds. The summed E-state index contributed by atoms with van der Waals surface area (Å²) in [5, 5.41) is 5.78. The summed E-state index contributed by atoms with van der Waals surface area (Å²) in [6.45, 7) is 9.04. The van der Waals surface area contributed by atoms with Crippen molar-refractivity contribution in [2.45, 2.75) is 89.1 Å². The summed E-state index contributed by atoms with van der Waals surface area (Å²) >= 11 is 1.62. The molecule has 184 valence electrons. The van der Waals surface area contributed by atoms with Crippen molar-refractivity contribution in [3.05, 3.63) is 0 Å². The number of carbonyl (C=O) groups excluding carboxylic acids is 3. The molecule has 0 aromatic heterocycles. The zero-order valence-electron chi connectivity index (χ0n) is 20.3. The summed E-state index contributed by atoms with van der Waals surface area (Å²) in [5.74, 6) is 1.34. The van der Waals surface area contributed by atoms with E-state index in [0.717, 1.165) is 18.6 Å². The van der Waals surface area contributed by atoms with E-state index < -0.39 is 22.9 Å². The minimum absolute atomic E-state index is 0.152. The van der Waals surface area contributed by atoms with Crippen molar-refractivity contribution >= 4 is 29.7 Å². The lowest BCUT2D eigenvalue weighted by Gasteiger charge is -2.37. The zero-order valence-corrected chi connectivity index (χ0v) is 21.1. The number of nitrogens with one attached hydrogen (secondary N) is 2. The van der Waals surface area contributed by atoms with Gasteiger partial charge in [0.05, 0.1) is 7.11 Å². The molecule has 8 nitrogen and oxygen atoms in total. The molecular weight excluding hydrogens is 428 g/mol. The number of carbonyl (C=O) groups is 3. The number of methoxy groups -OCH3 is 1. The van der Waals surface area contributed by atoms with Crippen molar-refractivity contribution in [2.75, 3.05) is 26.0 Å². The Labute approximate surface area is 197 Å². The lowest BCUT2D eigenvalue weighted by atomic mass is 9.89. The summed E-state index contributed by atoms with van der Waals surface area (Å²) in [7, 11) is 1.28. The molecular formula is C23H42N4O4S. The topological polar surface area (TPSA) is 114 Å². The van der Waals surface area contributed by atoms with Crippen LogP contribution < -0.4 is 16.4 Å². The number of likely N-dealkylation sites (tertiary alicyclic amines) is 1. The number of thioether (sulfide) groups is 1. The standard InChI is InChI=1S/C23H42N4O4S/c1-15(2)14-32-23(3,4)19(26-22(30)31-5)21(29)27-13-17(24)11-18(27)20(28)25-12-16-9-7-6-8-10-16/h15-19H,6-14,24H2,1-5H3,(H,25,28)(H,26,30)/t17-,18+,19+/m1/s1. The van der Waals surface area contributed by atoms with Gasteiger partial charge in [-0.1, -0.05) is 33.1 Å². The largest absolute Gasteiger partial charge is 0.453 e. The highest BCUT2D eigenvalue weighted by atomic mass is 32.2. The fourth-order valence-electron chi connectivity index (χ4n) is 4.45. The molecule has 32 heavy (non-hydrogen) atoms. The van der Waals surface area contributed by atoms with Gasteiger partial charge in [-0.3, -0.25) is 9.59 Å². The normalized spacial score (nSPS) is 23.2. The Bertz CT molecular complexity index is 652. The van der Waals surface area contributed by atoms with Gasteiger partial charge in [-0.25, -0.2) is 4.79 Å². The average molecular weight is 471 g/mol. The molecule has 1 saturated carbocycles. The van der Waals surface area contributed by atoms with Crippen molar-refractivity contribution in [1.29, 1.82) is 0 Å². The van der Waals surface area contributed by atoms with Gasteiger partial charge in [0.2, 0.25) is 11.8 Å². The van der Waals surface area contributed by atoms with Gasteiger partial charge in [0, 0.05) is 23.9 Å². The Morgan fingerprint density at radius 3 is 2.44 bits per heavy atom. The van der Waals surface area contributed by atoms with Crippen LogP contribution >= 0.6 is 11.8 Å². The maximum Gasteiger partial charge on any atom is 0.407 e.